The number of hydrogen-bond donors (Lipinski definition) is 6. The van der Waals surface area contributed by atoms with Gasteiger partial charge in [-0.3, -0.25) is 9.59 Å². The number of carbonyl (C=O) groups excluding carboxylic acids is 1. The maximum atomic E-state index is 13.0. The zero-order valence-electron chi connectivity index (χ0n) is 18.6. The second kappa shape index (κ2) is 10.6. The molecule has 3 unspecified atom stereocenters. The zero-order chi connectivity index (χ0) is 25.9. The smallest absolute Gasteiger partial charge is 0.324 e. The van der Waals surface area contributed by atoms with Crippen molar-refractivity contribution in [3.8, 4) is 0 Å². The predicted octanol–water partition coefficient (Wildman–Crippen LogP) is 0.552. The maximum absolute atomic E-state index is 13.0. The number of nitrogens with zero attached hydrogens (tertiary/aromatic N) is 2. The highest BCUT2D eigenvalue weighted by Crippen LogP contribution is 2.34. The number of benzene rings is 1. The average Bonchev–Trinajstić information content (AvgIpc) is 3.57. The van der Waals surface area contributed by atoms with Crippen molar-refractivity contribution in [3.63, 3.8) is 0 Å². The predicted molar refractivity (Wildman–Crippen MR) is 131 cm³/mol. The number of amides is 1. The van der Waals surface area contributed by atoms with Gasteiger partial charge in [0, 0.05) is 44.4 Å². The first-order valence-electron chi connectivity index (χ1n) is 10.7. The van der Waals surface area contributed by atoms with E-state index in [-0.39, 0.29) is 34.6 Å². The third-order valence-corrected chi connectivity index (χ3v) is 8.28. The van der Waals surface area contributed by atoms with Crippen molar-refractivity contribution in [2.45, 2.75) is 41.5 Å². The molecular formula is C20H23Cl2N7O6S. The van der Waals surface area contributed by atoms with E-state index in [1.807, 2.05) is 0 Å². The first kappa shape index (κ1) is 26.2. The summed E-state index contributed by atoms with van der Waals surface area (Å²) in [6.45, 7) is 0.955. The molecule has 4 atom stereocenters. The lowest BCUT2D eigenvalue weighted by atomic mass is 9.90. The lowest BCUT2D eigenvalue weighted by Gasteiger charge is -2.25. The SMILES string of the molecule is O=CNC(C1=NO[C@]2(CNC(CNc3ncc[nH]3)C2)C1)C(NS(=O)(=O)c1c(Cl)cccc1Cl)C(=O)O. The highest BCUT2D eigenvalue weighted by atomic mass is 35.5. The van der Waals surface area contributed by atoms with Gasteiger partial charge in [0.05, 0.1) is 21.8 Å². The van der Waals surface area contributed by atoms with Crippen LogP contribution < -0.4 is 20.7 Å². The Morgan fingerprint density at radius 1 is 1.36 bits per heavy atom. The summed E-state index contributed by atoms with van der Waals surface area (Å²) in [5.74, 6) is -0.928. The first-order chi connectivity index (χ1) is 17.1. The third-order valence-electron chi connectivity index (χ3n) is 5.88. The molecular weight excluding hydrogens is 537 g/mol. The van der Waals surface area contributed by atoms with Gasteiger partial charge >= 0.3 is 5.97 Å². The van der Waals surface area contributed by atoms with Crippen LogP contribution in [0.2, 0.25) is 10.0 Å². The Bertz CT molecular complexity index is 1240. The molecule has 36 heavy (non-hydrogen) atoms. The van der Waals surface area contributed by atoms with Crippen LogP contribution in [0.3, 0.4) is 0 Å². The van der Waals surface area contributed by atoms with Crippen molar-refractivity contribution >= 4 is 57.3 Å². The Morgan fingerprint density at radius 2 is 2.11 bits per heavy atom. The molecule has 0 bridgehead atoms. The van der Waals surface area contributed by atoms with Crippen LogP contribution in [-0.4, -0.2) is 78.4 Å². The molecule has 16 heteroatoms. The molecule has 2 aliphatic rings. The van der Waals surface area contributed by atoms with Crippen molar-refractivity contribution in [1.82, 2.24) is 25.3 Å². The van der Waals surface area contributed by atoms with Crippen LogP contribution in [0.25, 0.3) is 0 Å². The fraction of sp³-hybridized carbons (Fsp3) is 0.400. The third kappa shape index (κ3) is 5.57. The van der Waals surface area contributed by atoms with Gasteiger partial charge in [-0.15, -0.1) is 0 Å². The summed E-state index contributed by atoms with van der Waals surface area (Å²) in [5.41, 5.74) is -0.606. The first-order valence-corrected chi connectivity index (χ1v) is 13.0. The van der Waals surface area contributed by atoms with Crippen molar-refractivity contribution in [2.75, 3.05) is 18.4 Å². The highest BCUT2D eigenvalue weighted by Gasteiger charge is 2.49. The van der Waals surface area contributed by atoms with Gasteiger partial charge in [-0.2, -0.15) is 4.72 Å². The molecule has 0 radical (unpaired) electrons. The zero-order valence-corrected chi connectivity index (χ0v) is 20.9. The van der Waals surface area contributed by atoms with Crippen LogP contribution >= 0.6 is 23.2 Å². The van der Waals surface area contributed by atoms with Crippen molar-refractivity contribution in [2.24, 2.45) is 5.16 Å². The van der Waals surface area contributed by atoms with Gasteiger partial charge in [0.1, 0.15) is 10.9 Å². The molecule has 1 aromatic heterocycles. The number of nitrogens with one attached hydrogen (secondary N) is 5. The number of oxime groups is 1. The topological polar surface area (TPSA) is 187 Å². The summed E-state index contributed by atoms with van der Waals surface area (Å²) < 4.78 is 28.1. The Balaban J connectivity index is 1.49. The number of hydrogen-bond acceptors (Lipinski definition) is 9. The molecule has 1 amide bonds. The monoisotopic (exact) mass is 559 g/mol. The number of sulfonamides is 1. The number of rotatable bonds is 11. The standard InChI is InChI=1S/C20H23Cl2N7O6S/c21-12-2-1-3-13(22)17(12)36(33,34)29-16(18(31)32)15(27-10-30)14-7-20(35-28-14)6-11(26-9-20)8-25-19-23-4-5-24-19/h1-5,10-11,15-16,26,29H,6-9H2,(H,27,30)(H,31,32)(H2,23,24,25)/t11?,15?,16?,20-/m0/s1. The fourth-order valence-corrected chi connectivity index (χ4v) is 6.60. The number of carbonyl (C=O) groups is 2. The van der Waals surface area contributed by atoms with E-state index in [9.17, 15) is 23.1 Å². The minimum atomic E-state index is -4.50. The van der Waals surface area contributed by atoms with Crippen LogP contribution in [0, 0.1) is 0 Å². The van der Waals surface area contributed by atoms with Crippen LogP contribution in [0.15, 0.2) is 40.6 Å². The Labute approximate surface area is 216 Å². The van der Waals surface area contributed by atoms with Crippen molar-refractivity contribution < 1.29 is 28.0 Å². The molecule has 1 aromatic carbocycles. The quantitative estimate of drug-likeness (QED) is 0.214. The second-order valence-corrected chi connectivity index (χ2v) is 10.8. The van der Waals surface area contributed by atoms with Gasteiger partial charge in [0.15, 0.2) is 11.5 Å². The van der Waals surface area contributed by atoms with E-state index in [1.165, 1.54) is 18.2 Å². The minimum absolute atomic E-state index is 0.00160. The number of carboxylic acids is 1. The lowest BCUT2D eigenvalue weighted by molar-refractivity contribution is -0.139. The van der Waals surface area contributed by atoms with Crippen molar-refractivity contribution in [3.05, 3.63) is 40.6 Å². The number of aromatic amines is 1. The van der Waals surface area contributed by atoms with Crippen LogP contribution in [0.4, 0.5) is 5.95 Å². The van der Waals surface area contributed by atoms with Crippen molar-refractivity contribution in [1.29, 1.82) is 0 Å². The van der Waals surface area contributed by atoms with Crippen LogP contribution in [0.5, 0.6) is 0 Å². The molecule has 1 spiro atoms. The number of carboxylic acid groups (broad SMARTS) is 1. The van der Waals surface area contributed by atoms with Gasteiger partial charge in [-0.05, 0) is 12.1 Å². The van der Waals surface area contributed by atoms with Gasteiger partial charge in [-0.1, -0.05) is 34.4 Å². The van der Waals surface area contributed by atoms with E-state index in [0.29, 0.717) is 25.5 Å². The fourth-order valence-electron chi connectivity index (χ4n) is 4.26. The number of H-pyrrole nitrogens is 1. The molecule has 0 aliphatic carbocycles. The maximum Gasteiger partial charge on any atom is 0.324 e. The molecule has 0 saturated carbocycles. The summed E-state index contributed by atoms with van der Waals surface area (Å²) in [6, 6.07) is 0.903. The van der Waals surface area contributed by atoms with Gasteiger partial charge < -0.3 is 30.9 Å². The number of aromatic nitrogens is 2. The van der Waals surface area contributed by atoms with E-state index < -0.39 is 38.6 Å². The summed E-state index contributed by atoms with van der Waals surface area (Å²) in [5, 5.41) is 22.4. The molecule has 3 heterocycles. The van der Waals surface area contributed by atoms with Gasteiger partial charge in [0.25, 0.3) is 0 Å². The van der Waals surface area contributed by atoms with Gasteiger partial charge in [-0.25, -0.2) is 13.4 Å². The largest absolute Gasteiger partial charge is 0.480 e. The Hall–Kier alpha value is -2.91. The molecule has 194 valence electrons. The van der Waals surface area contributed by atoms with E-state index in [2.05, 4.69) is 35.8 Å². The molecule has 2 aliphatic heterocycles. The van der Waals surface area contributed by atoms with Gasteiger partial charge in [0.2, 0.25) is 16.4 Å². The summed E-state index contributed by atoms with van der Waals surface area (Å²) in [7, 11) is -4.50. The highest BCUT2D eigenvalue weighted by molar-refractivity contribution is 7.89. The molecule has 6 N–H and O–H groups in total. The van der Waals surface area contributed by atoms with E-state index >= 15 is 0 Å². The summed E-state index contributed by atoms with van der Waals surface area (Å²) in [4.78, 5) is 35.8. The summed E-state index contributed by atoms with van der Waals surface area (Å²) in [6.07, 6.45) is 4.29. The molecule has 1 fully saturated rings. The number of anilines is 1. The molecule has 1 saturated heterocycles. The van der Waals surface area contributed by atoms with E-state index in [4.69, 9.17) is 28.0 Å². The molecule has 13 nitrogen and oxygen atoms in total. The number of imidazole rings is 1. The normalized spacial score (nSPS) is 23.1. The average molecular weight is 560 g/mol. The minimum Gasteiger partial charge on any atom is -0.480 e. The lowest BCUT2D eigenvalue weighted by Crippen LogP contribution is -2.57. The van der Waals surface area contributed by atoms with Crippen LogP contribution in [-0.2, 0) is 24.4 Å². The number of halogens is 2. The van der Waals surface area contributed by atoms with E-state index in [0.717, 1.165) is 0 Å². The summed E-state index contributed by atoms with van der Waals surface area (Å²) >= 11 is 12.0. The Kier molecular flexibility index (Phi) is 7.70. The Morgan fingerprint density at radius 3 is 2.75 bits per heavy atom. The molecule has 4 rings (SSSR count). The van der Waals surface area contributed by atoms with Crippen LogP contribution in [0.1, 0.15) is 12.8 Å². The molecule has 2 aromatic rings. The second-order valence-electron chi connectivity index (χ2n) is 8.38. The van der Waals surface area contributed by atoms with E-state index in [1.54, 1.807) is 12.4 Å². The number of aliphatic carboxylic acids is 1.